The maximum absolute atomic E-state index is 11.0. The Balaban J connectivity index is 2.21. The van der Waals surface area contributed by atoms with Gasteiger partial charge in [0.05, 0.1) is 11.9 Å². The van der Waals surface area contributed by atoms with Gasteiger partial charge in [0.25, 0.3) is 5.56 Å². The minimum Gasteiger partial charge on any atom is -0.368 e. The van der Waals surface area contributed by atoms with Crippen LogP contribution in [0.5, 0.6) is 0 Å². The largest absolute Gasteiger partial charge is 0.368 e. The van der Waals surface area contributed by atoms with Gasteiger partial charge in [-0.25, -0.2) is 5.10 Å². The summed E-state index contributed by atoms with van der Waals surface area (Å²) in [4.78, 5) is 13.0. The molecule has 0 aliphatic carbocycles. The van der Waals surface area contributed by atoms with Crippen LogP contribution in [-0.4, -0.2) is 29.3 Å². The number of aromatic amines is 1. The number of nitrogens with two attached hydrogens (primary N) is 1. The van der Waals surface area contributed by atoms with Crippen molar-refractivity contribution in [1.29, 1.82) is 0 Å². The highest BCUT2D eigenvalue weighted by Gasteiger charge is 2.19. The van der Waals surface area contributed by atoms with E-state index in [1.807, 2.05) is 0 Å². The highest BCUT2D eigenvalue weighted by molar-refractivity contribution is 5.44. The van der Waals surface area contributed by atoms with Crippen LogP contribution in [0.4, 0.5) is 5.69 Å². The molecule has 5 heteroatoms. The average molecular weight is 180 g/mol. The Kier molecular flexibility index (Phi) is 2.02. The van der Waals surface area contributed by atoms with Crippen molar-refractivity contribution in [1.82, 2.24) is 10.2 Å². The molecule has 0 saturated carbocycles. The Morgan fingerprint density at radius 1 is 1.69 bits per heavy atom. The number of hydrogen-bond donors (Lipinski definition) is 2. The fourth-order valence-electron chi connectivity index (χ4n) is 1.56. The minimum absolute atomic E-state index is 0.169. The number of H-pyrrole nitrogens is 1. The van der Waals surface area contributed by atoms with E-state index in [0.29, 0.717) is 0 Å². The second-order valence-electron chi connectivity index (χ2n) is 3.30. The molecular weight excluding hydrogens is 168 g/mol. The van der Waals surface area contributed by atoms with Crippen molar-refractivity contribution < 1.29 is 0 Å². The standard InChI is InChI=1S/C8H12N4O/c9-6-1-2-12(5-6)7-3-8(13)11-10-4-7/h3-4,6H,1-2,5,9H2,(H,11,13)/t6-/m1/s1. The first-order valence-corrected chi connectivity index (χ1v) is 4.31. The molecule has 1 aromatic heterocycles. The average Bonchev–Trinajstić information content (AvgIpc) is 2.52. The van der Waals surface area contributed by atoms with Crippen molar-refractivity contribution >= 4 is 5.69 Å². The van der Waals surface area contributed by atoms with E-state index in [1.54, 1.807) is 12.3 Å². The first kappa shape index (κ1) is 8.25. The molecule has 0 radical (unpaired) electrons. The van der Waals surface area contributed by atoms with Crippen molar-refractivity contribution in [3.8, 4) is 0 Å². The molecule has 0 bridgehead atoms. The molecular formula is C8H12N4O. The van der Waals surface area contributed by atoms with Gasteiger partial charge in [-0.05, 0) is 6.42 Å². The van der Waals surface area contributed by atoms with Crippen LogP contribution in [0, 0.1) is 0 Å². The molecule has 1 aliphatic heterocycles. The van der Waals surface area contributed by atoms with Gasteiger partial charge in [0.15, 0.2) is 0 Å². The number of nitrogens with zero attached hydrogens (tertiary/aromatic N) is 2. The molecule has 70 valence electrons. The second kappa shape index (κ2) is 3.18. The summed E-state index contributed by atoms with van der Waals surface area (Å²) >= 11 is 0. The van der Waals surface area contributed by atoms with Gasteiger partial charge in [0.1, 0.15) is 0 Å². The minimum atomic E-state index is -0.169. The van der Waals surface area contributed by atoms with Crippen LogP contribution in [0.3, 0.4) is 0 Å². The fraction of sp³-hybridized carbons (Fsp3) is 0.500. The lowest BCUT2D eigenvalue weighted by Gasteiger charge is -2.16. The quantitative estimate of drug-likeness (QED) is 0.599. The van der Waals surface area contributed by atoms with Crippen molar-refractivity contribution in [3.05, 3.63) is 22.6 Å². The summed E-state index contributed by atoms with van der Waals surface area (Å²) in [5, 5.41) is 6.08. The van der Waals surface area contributed by atoms with Crippen LogP contribution in [0.1, 0.15) is 6.42 Å². The number of hydrogen-bond acceptors (Lipinski definition) is 4. The van der Waals surface area contributed by atoms with E-state index in [9.17, 15) is 4.79 Å². The zero-order chi connectivity index (χ0) is 9.26. The number of anilines is 1. The van der Waals surface area contributed by atoms with Crippen molar-refractivity contribution in [2.45, 2.75) is 12.5 Å². The van der Waals surface area contributed by atoms with Gasteiger partial charge in [-0.15, -0.1) is 0 Å². The molecule has 13 heavy (non-hydrogen) atoms. The van der Waals surface area contributed by atoms with Crippen molar-refractivity contribution in [2.24, 2.45) is 5.73 Å². The zero-order valence-electron chi connectivity index (χ0n) is 7.23. The van der Waals surface area contributed by atoms with Crippen LogP contribution in [0.2, 0.25) is 0 Å². The molecule has 2 rings (SSSR count). The summed E-state index contributed by atoms with van der Waals surface area (Å²) in [5.41, 5.74) is 6.44. The van der Waals surface area contributed by atoms with E-state index in [2.05, 4.69) is 15.1 Å². The maximum Gasteiger partial charge on any atom is 0.266 e. The number of nitrogens with one attached hydrogen (secondary N) is 1. The van der Waals surface area contributed by atoms with E-state index in [4.69, 9.17) is 5.73 Å². The second-order valence-corrected chi connectivity index (χ2v) is 3.30. The van der Waals surface area contributed by atoms with E-state index >= 15 is 0 Å². The Hall–Kier alpha value is -1.36. The monoisotopic (exact) mass is 180 g/mol. The van der Waals surface area contributed by atoms with Crippen molar-refractivity contribution in [2.75, 3.05) is 18.0 Å². The van der Waals surface area contributed by atoms with Gasteiger partial charge in [0.2, 0.25) is 0 Å². The van der Waals surface area contributed by atoms with Crippen LogP contribution < -0.4 is 16.2 Å². The van der Waals surface area contributed by atoms with Gasteiger partial charge in [0, 0.05) is 25.2 Å². The van der Waals surface area contributed by atoms with Crippen LogP contribution in [-0.2, 0) is 0 Å². The van der Waals surface area contributed by atoms with Crippen LogP contribution >= 0.6 is 0 Å². The molecule has 2 heterocycles. The zero-order valence-corrected chi connectivity index (χ0v) is 7.23. The van der Waals surface area contributed by atoms with Gasteiger partial charge >= 0.3 is 0 Å². The van der Waals surface area contributed by atoms with E-state index in [1.165, 1.54) is 0 Å². The van der Waals surface area contributed by atoms with E-state index in [-0.39, 0.29) is 11.6 Å². The predicted octanol–water partition coefficient (Wildman–Crippen LogP) is -0.693. The molecule has 3 N–H and O–H groups in total. The molecule has 1 atom stereocenters. The molecule has 5 nitrogen and oxygen atoms in total. The van der Waals surface area contributed by atoms with Gasteiger partial charge in [-0.1, -0.05) is 0 Å². The van der Waals surface area contributed by atoms with Crippen LogP contribution in [0.25, 0.3) is 0 Å². The first-order chi connectivity index (χ1) is 6.25. The third-order valence-corrected chi connectivity index (χ3v) is 2.24. The summed E-state index contributed by atoms with van der Waals surface area (Å²) in [6.07, 6.45) is 2.63. The third-order valence-electron chi connectivity index (χ3n) is 2.24. The molecule has 0 aromatic carbocycles. The highest BCUT2D eigenvalue weighted by atomic mass is 16.1. The van der Waals surface area contributed by atoms with E-state index in [0.717, 1.165) is 25.2 Å². The molecule has 0 unspecified atom stereocenters. The lowest BCUT2D eigenvalue weighted by atomic mass is 10.3. The van der Waals surface area contributed by atoms with Gasteiger partial charge < -0.3 is 10.6 Å². The topological polar surface area (TPSA) is 75.0 Å². The number of aromatic nitrogens is 2. The Morgan fingerprint density at radius 2 is 2.54 bits per heavy atom. The summed E-state index contributed by atoms with van der Waals surface area (Å²) < 4.78 is 0. The fourth-order valence-corrected chi connectivity index (χ4v) is 1.56. The highest BCUT2D eigenvalue weighted by Crippen LogP contribution is 2.15. The molecule has 1 aliphatic rings. The lowest BCUT2D eigenvalue weighted by Crippen LogP contribution is -2.27. The van der Waals surface area contributed by atoms with Crippen LogP contribution in [0.15, 0.2) is 17.1 Å². The smallest absolute Gasteiger partial charge is 0.266 e. The Morgan fingerprint density at radius 3 is 3.15 bits per heavy atom. The number of rotatable bonds is 1. The van der Waals surface area contributed by atoms with Gasteiger partial charge in [-0.3, -0.25) is 4.79 Å². The Bertz CT molecular complexity index is 348. The van der Waals surface area contributed by atoms with E-state index < -0.39 is 0 Å². The Labute approximate surface area is 75.6 Å². The summed E-state index contributed by atoms with van der Waals surface area (Å²) in [6.45, 7) is 1.72. The normalized spacial score (nSPS) is 22.2. The summed E-state index contributed by atoms with van der Waals surface area (Å²) in [5.74, 6) is 0. The molecule has 1 fully saturated rings. The molecule has 1 aromatic rings. The maximum atomic E-state index is 11.0. The SMILES string of the molecule is N[C@@H]1CCN(c2cn[nH]c(=O)c2)C1. The molecule has 0 amide bonds. The predicted molar refractivity (Wildman–Crippen MR) is 49.7 cm³/mol. The van der Waals surface area contributed by atoms with Gasteiger partial charge in [-0.2, -0.15) is 5.10 Å². The molecule has 0 spiro atoms. The third kappa shape index (κ3) is 1.70. The summed E-state index contributed by atoms with van der Waals surface area (Å²) in [6, 6.07) is 1.77. The molecule has 1 saturated heterocycles. The first-order valence-electron chi connectivity index (χ1n) is 4.31. The van der Waals surface area contributed by atoms with Crippen molar-refractivity contribution in [3.63, 3.8) is 0 Å². The lowest BCUT2D eigenvalue weighted by molar-refractivity contribution is 0.752. The summed E-state index contributed by atoms with van der Waals surface area (Å²) in [7, 11) is 0.